The van der Waals surface area contributed by atoms with Gasteiger partial charge in [-0.2, -0.15) is 5.10 Å². The molecule has 7 heteroatoms. The summed E-state index contributed by atoms with van der Waals surface area (Å²) >= 11 is 1.45. The molecule has 26 heavy (non-hydrogen) atoms. The predicted molar refractivity (Wildman–Crippen MR) is 104 cm³/mol. The molecule has 0 aliphatic heterocycles. The Bertz CT molecular complexity index is 1180. The van der Waals surface area contributed by atoms with E-state index in [1.807, 2.05) is 18.2 Å². The largest absolute Gasteiger partial charge is 0.300 e. The molecule has 0 radical (unpaired) electrons. The first-order chi connectivity index (χ1) is 12.6. The molecule has 0 spiro atoms. The van der Waals surface area contributed by atoms with Crippen LogP contribution in [0.4, 0.5) is 5.13 Å². The normalized spacial score (nSPS) is 11.1. The van der Waals surface area contributed by atoms with E-state index in [0.29, 0.717) is 16.0 Å². The molecule has 0 unspecified atom stereocenters. The number of hydrogen-bond acceptors (Lipinski definition) is 5. The molecule has 4 aromatic rings. The first-order valence-electron chi connectivity index (χ1n) is 8.28. The monoisotopic (exact) mass is 364 g/mol. The fourth-order valence-corrected chi connectivity index (χ4v) is 3.77. The number of benzene rings is 2. The Labute approximate surface area is 153 Å². The maximum atomic E-state index is 12.4. The lowest BCUT2D eigenvalue weighted by atomic mass is 10.2. The summed E-state index contributed by atoms with van der Waals surface area (Å²) in [6.07, 6.45) is 2.19. The second kappa shape index (κ2) is 6.68. The zero-order valence-electron chi connectivity index (χ0n) is 14.1. The van der Waals surface area contributed by atoms with Crippen molar-refractivity contribution in [1.29, 1.82) is 0 Å². The maximum Gasteiger partial charge on any atom is 0.247 e. The van der Waals surface area contributed by atoms with Gasteiger partial charge in [0.15, 0.2) is 5.13 Å². The Hall–Kier alpha value is -3.06. The molecule has 0 bridgehead atoms. The molecule has 0 saturated carbocycles. The number of nitrogens with zero attached hydrogens (tertiary/aromatic N) is 3. The van der Waals surface area contributed by atoms with Crippen molar-refractivity contribution in [1.82, 2.24) is 14.8 Å². The maximum absolute atomic E-state index is 12.4. The number of fused-ring (bicyclic) bond motifs is 2. The molecule has 130 valence electrons. The fraction of sp³-hybridized carbons (Fsp3) is 0.158. The number of aromatic nitrogens is 3. The molecule has 0 aliphatic rings. The highest BCUT2D eigenvalue weighted by Crippen LogP contribution is 2.27. The highest BCUT2D eigenvalue weighted by molar-refractivity contribution is 7.22. The molecule has 2 heterocycles. The van der Waals surface area contributed by atoms with Gasteiger partial charge in [0, 0.05) is 5.39 Å². The molecule has 2 aromatic heterocycles. The zero-order chi connectivity index (χ0) is 18.1. The van der Waals surface area contributed by atoms with Crippen molar-refractivity contribution >= 4 is 43.5 Å². The highest BCUT2D eigenvalue weighted by atomic mass is 32.1. The Morgan fingerprint density at radius 1 is 1.23 bits per heavy atom. The third-order valence-electron chi connectivity index (χ3n) is 4.16. The van der Waals surface area contributed by atoms with E-state index < -0.39 is 0 Å². The summed E-state index contributed by atoms with van der Waals surface area (Å²) in [4.78, 5) is 28.8. The second-order valence-corrected chi connectivity index (χ2v) is 6.94. The van der Waals surface area contributed by atoms with Crippen LogP contribution in [0.5, 0.6) is 0 Å². The van der Waals surface area contributed by atoms with Crippen LogP contribution in [0.3, 0.4) is 0 Å². The first kappa shape index (κ1) is 16.4. The van der Waals surface area contributed by atoms with Crippen molar-refractivity contribution in [2.75, 3.05) is 5.32 Å². The smallest absolute Gasteiger partial charge is 0.247 e. The molecule has 0 saturated heterocycles. The SMILES string of the molecule is CCc1ccc2nc(NC(=O)Cn3ncc(=O)c4ccccc43)sc2c1. The number of amides is 1. The van der Waals surface area contributed by atoms with E-state index in [2.05, 4.69) is 28.4 Å². The fourth-order valence-electron chi connectivity index (χ4n) is 2.82. The van der Waals surface area contributed by atoms with E-state index >= 15 is 0 Å². The summed E-state index contributed by atoms with van der Waals surface area (Å²) in [6.45, 7) is 2.11. The number of hydrogen-bond donors (Lipinski definition) is 1. The van der Waals surface area contributed by atoms with Gasteiger partial charge in [-0.05, 0) is 36.2 Å². The summed E-state index contributed by atoms with van der Waals surface area (Å²) in [5.41, 5.74) is 2.58. The lowest BCUT2D eigenvalue weighted by Gasteiger charge is -2.08. The molecule has 1 amide bonds. The summed E-state index contributed by atoms with van der Waals surface area (Å²) < 4.78 is 2.57. The van der Waals surface area contributed by atoms with Gasteiger partial charge in [-0.1, -0.05) is 36.5 Å². The summed E-state index contributed by atoms with van der Waals surface area (Å²) in [6, 6.07) is 13.2. The summed E-state index contributed by atoms with van der Waals surface area (Å²) in [7, 11) is 0. The number of anilines is 1. The van der Waals surface area contributed by atoms with Crippen LogP contribution in [0.2, 0.25) is 0 Å². The average Bonchev–Trinajstić information content (AvgIpc) is 3.05. The minimum atomic E-state index is -0.235. The van der Waals surface area contributed by atoms with Crippen molar-refractivity contribution < 1.29 is 4.79 Å². The Morgan fingerprint density at radius 3 is 2.92 bits per heavy atom. The van der Waals surface area contributed by atoms with Crippen molar-refractivity contribution in [2.45, 2.75) is 19.9 Å². The van der Waals surface area contributed by atoms with Crippen molar-refractivity contribution in [3.05, 3.63) is 64.4 Å². The summed E-state index contributed by atoms with van der Waals surface area (Å²) in [5.74, 6) is -0.235. The molecular formula is C19H16N4O2S. The van der Waals surface area contributed by atoms with Crippen molar-refractivity contribution in [2.24, 2.45) is 0 Å². The predicted octanol–water partition coefficient (Wildman–Crippen LogP) is 3.21. The Morgan fingerprint density at radius 2 is 2.08 bits per heavy atom. The first-order valence-corrected chi connectivity index (χ1v) is 9.10. The zero-order valence-corrected chi connectivity index (χ0v) is 14.9. The quantitative estimate of drug-likeness (QED) is 0.603. The van der Waals surface area contributed by atoms with Gasteiger partial charge in [0.05, 0.1) is 21.9 Å². The van der Waals surface area contributed by atoms with E-state index in [1.54, 1.807) is 18.2 Å². The van der Waals surface area contributed by atoms with Crippen LogP contribution >= 0.6 is 11.3 Å². The van der Waals surface area contributed by atoms with Gasteiger partial charge < -0.3 is 5.32 Å². The standard InChI is InChI=1S/C19H16N4O2S/c1-2-12-7-8-14-17(9-12)26-19(21-14)22-18(25)11-23-15-6-4-3-5-13(15)16(24)10-20-23/h3-10H,2,11H2,1H3,(H,21,22,25). The third kappa shape index (κ3) is 3.09. The van der Waals surface area contributed by atoms with E-state index in [4.69, 9.17) is 0 Å². The molecule has 4 rings (SSSR count). The van der Waals surface area contributed by atoms with Crippen LogP contribution in [0.1, 0.15) is 12.5 Å². The van der Waals surface area contributed by atoms with Crippen LogP contribution in [0.25, 0.3) is 21.1 Å². The number of nitrogens with one attached hydrogen (secondary N) is 1. The third-order valence-corrected chi connectivity index (χ3v) is 5.10. The number of thiazole rings is 1. The second-order valence-electron chi connectivity index (χ2n) is 5.91. The van der Waals surface area contributed by atoms with Gasteiger partial charge in [0.1, 0.15) is 6.54 Å². The molecule has 0 atom stereocenters. The van der Waals surface area contributed by atoms with E-state index in [0.717, 1.165) is 16.6 Å². The lowest BCUT2D eigenvalue weighted by Crippen LogP contribution is -2.22. The Balaban J connectivity index is 1.58. The lowest BCUT2D eigenvalue weighted by molar-refractivity contribution is -0.116. The minimum absolute atomic E-state index is 0.0108. The van der Waals surface area contributed by atoms with Gasteiger partial charge in [0.25, 0.3) is 0 Å². The number of para-hydroxylation sites is 1. The van der Waals surface area contributed by atoms with Gasteiger partial charge in [0.2, 0.25) is 11.3 Å². The van der Waals surface area contributed by atoms with E-state index in [1.165, 1.54) is 27.8 Å². The van der Waals surface area contributed by atoms with E-state index in [-0.39, 0.29) is 17.9 Å². The van der Waals surface area contributed by atoms with Crippen LogP contribution in [0.15, 0.2) is 53.5 Å². The van der Waals surface area contributed by atoms with Crippen molar-refractivity contribution in [3.8, 4) is 0 Å². The Kier molecular flexibility index (Phi) is 4.22. The molecule has 6 nitrogen and oxygen atoms in total. The summed E-state index contributed by atoms with van der Waals surface area (Å²) in [5, 5.41) is 8.01. The minimum Gasteiger partial charge on any atom is -0.300 e. The van der Waals surface area contributed by atoms with Crippen LogP contribution in [-0.2, 0) is 17.8 Å². The average molecular weight is 364 g/mol. The number of aryl methyl sites for hydroxylation is 1. The molecule has 0 fully saturated rings. The van der Waals surface area contributed by atoms with E-state index in [9.17, 15) is 9.59 Å². The molecule has 0 aliphatic carbocycles. The van der Waals surface area contributed by atoms with Crippen LogP contribution < -0.4 is 10.7 Å². The number of rotatable bonds is 4. The highest BCUT2D eigenvalue weighted by Gasteiger charge is 2.11. The molecular weight excluding hydrogens is 348 g/mol. The van der Waals surface area contributed by atoms with Crippen LogP contribution in [-0.4, -0.2) is 20.7 Å². The van der Waals surface area contributed by atoms with Gasteiger partial charge >= 0.3 is 0 Å². The van der Waals surface area contributed by atoms with Crippen molar-refractivity contribution in [3.63, 3.8) is 0 Å². The molecule has 1 N–H and O–H groups in total. The van der Waals surface area contributed by atoms with Gasteiger partial charge in [-0.25, -0.2) is 4.98 Å². The number of carbonyl (C=O) groups excluding carboxylic acids is 1. The van der Waals surface area contributed by atoms with Crippen LogP contribution in [0, 0.1) is 0 Å². The van der Waals surface area contributed by atoms with Gasteiger partial charge in [-0.3, -0.25) is 14.3 Å². The topological polar surface area (TPSA) is 76.9 Å². The number of carbonyl (C=O) groups is 1. The molecule has 2 aromatic carbocycles. The van der Waals surface area contributed by atoms with Gasteiger partial charge in [-0.15, -0.1) is 0 Å².